The monoisotopic (exact) mass is 268 g/mol. The number of carbonyl (C=O) groups excluding carboxylic acids is 1. The first-order valence-corrected chi connectivity index (χ1v) is 8.05. The average molecular weight is 268 g/mol. The van der Waals surface area contributed by atoms with E-state index < -0.39 is 0 Å². The minimum absolute atomic E-state index is 0.0974. The predicted molar refractivity (Wildman–Crippen MR) is 82.2 cm³/mol. The highest BCUT2D eigenvalue weighted by molar-refractivity contribution is 5.74. The topological polar surface area (TPSA) is 26.3 Å². The molecular formula is C17H32O2. The molecule has 0 aromatic heterocycles. The summed E-state index contributed by atoms with van der Waals surface area (Å²) in [4.78, 5) is 11.7. The highest BCUT2D eigenvalue weighted by Crippen LogP contribution is 2.15. The summed E-state index contributed by atoms with van der Waals surface area (Å²) in [6, 6.07) is 0. The first-order chi connectivity index (χ1) is 9.26. The Morgan fingerprint density at radius 2 is 1.58 bits per heavy atom. The Bertz CT molecular complexity index is 223. The molecule has 0 aliphatic carbocycles. The van der Waals surface area contributed by atoms with Crippen molar-refractivity contribution in [2.24, 2.45) is 5.92 Å². The highest BCUT2D eigenvalue weighted by atomic mass is 16.5. The summed E-state index contributed by atoms with van der Waals surface area (Å²) in [5.74, 6) is -0.202. The van der Waals surface area contributed by atoms with Crippen molar-refractivity contribution in [3.8, 4) is 0 Å². The lowest BCUT2D eigenvalue weighted by Crippen LogP contribution is -2.16. The van der Waals surface area contributed by atoms with Crippen LogP contribution in [0.1, 0.15) is 78.1 Å². The van der Waals surface area contributed by atoms with Crippen molar-refractivity contribution in [3.63, 3.8) is 0 Å². The zero-order chi connectivity index (χ0) is 14.3. The quantitative estimate of drug-likeness (QED) is 0.258. The van der Waals surface area contributed by atoms with Gasteiger partial charge in [0.2, 0.25) is 0 Å². The van der Waals surface area contributed by atoms with Crippen molar-refractivity contribution in [1.82, 2.24) is 0 Å². The van der Waals surface area contributed by atoms with Gasteiger partial charge in [-0.15, -0.1) is 6.58 Å². The van der Waals surface area contributed by atoms with Crippen molar-refractivity contribution < 1.29 is 9.53 Å². The molecule has 0 rings (SSSR count). The lowest BCUT2D eigenvalue weighted by Gasteiger charge is -2.11. The predicted octanol–water partition coefficient (Wildman–Crippen LogP) is 5.27. The lowest BCUT2D eigenvalue weighted by molar-refractivity contribution is -0.147. The van der Waals surface area contributed by atoms with E-state index in [0.29, 0.717) is 6.61 Å². The van der Waals surface area contributed by atoms with Gasteiger partial charge in [-0.2, -0.15) is 0 Å². The Hall–Kier alpha value is -0.790. The molecule has 19 heavy (non-hydrogen) atoms. The standard InChI is InChI=1S/C17H32O2/c1-4-7-8-9-10-11-12-13-14-16(6-3)17(18)19-15-5-2/h6,16H,3-5,7-15H2,1-2H3. The first kappa shape index (κ1) is 18.2. The summed E-state index contributed by atoms with van der Waals surface area (Å²) in [5.41, 5.74) is 0. The molecule has 1 atom stereocenters. The molecular weight excluding hydrogens is 236 g/mol. The second-order valence-electron chi connectivity index (χ2n) is 5.27. The van der Waals surface area contributed by atoms with Crippen LogP contribution in [-0.2, 0) is 9.53 Å². The van der Waals surface area contributed by atoms with E-state index in [2.05, 4.69) is 13.5 Å². The van der Waals surface area contributed by atoms with Crippen LogP contribution < -0.4 is 0 Å². The van der Waals surface area contributed by atoms with Crippen LogP contribution in [-0.4, -0.2) is 12.6 Å². The van der Waals surface area contributed by atoms with Crippen molar-refractivity contribution in [2.75, 3.05) is 6.61 Å². The number of esters is 1. The van der Waals surface area contributed by atoms with Gasteiger partial charge in [0.1, 0.15) is 0 Å². The summed E-state index contributed by atoms with van der Waals surface area (Å²) < 4.78 is 5.16. The van der Waals surface area contributed by atoms with Crippen LogP contribution in [0.25, 0.3) is 0 Å². The molecule has 0 aliphatic rings. The maximum Gasteiger partial charge on any atom is 0.312 e. The zero-order valence-corrected chi connectivity index (χ0v) is 13.0. The van der Waals surface area contributed by atoms with Gasteiger partial charge < -0.3 is 4.74 Å². The molecule has 0 amide bonds. The normalized spacial score (nSPS) is 12.1. The van der Waals surface area contributed by atoms with Gasteiger partial charge in [-0.25, -0.2) is 0 Å². The second kappa shape index (κ2) is 13.6. The smallest absolute Gasteiger partial charge is 0.312 e. The van der Waals surface area contributed by atoms with Crippen LogP contribution in [0.5, 0.6) is 0 Å². The highest BCUT2D eigenvalue weighted by Gasteiger charge is 2.15. The summed E-state index contributed by atoms with van der Waals surface area (Å²) in [5, 5.41) is 0. The number of hydrogen-bond acceptors (Lipinski definition) is 2. The van der Waals surface area contributed by atoms with Gasteiger partial charge in [0.15, 0.2) is 0 Å². The molecule has 2 nitrogen and oxygen atoms in total. The molecule has 0 saturated heterocycles. The lowest BCUT2D eigenvalue weighted by atomic mass is 10.00. The molecule has 1 unspecified atom stereocenters. The van der Waals surface area contributed by atoms with Gasteiger partial charge in [0.25, 0.3) is 0 Å². The Morgan fingerprint density at radius 3 is 2.11 bits per heavy atom. The van der Waals surface area contributed by atoms with Gasteiger partial charge in [0, 0.05) is 0 Å². The number of unbranched alkanes of at least 4 members (excludes halogenated alkanes) is 7. The molecule has 112 valence electrons. The van der Waals surface area contributed by atoms with E-state index in [4.69, 9.17) is 4.74 Å². The summed E-state index contributed by atoms with van der Waals surface area (Å²) in [7, 11) is 0. The number of hydrogen-bond donors (Lipinski definition) is 0. The van der Waals surface area contributed by atoms with Gasteiger partial charge in [-0.05, 0) is 12.8 Å². The first-order valence-electron chi connectivity index (χ1n) is 8.05. The number of carbonyl (C=O) groups is 1. The largest absolute Gasteiger partial charge is 0.465 e. The summed E-state index contributed by atoms with van der Waals surface area (Å²) in [6.45, 7) is 8.52. The summed E-state index contributed by atoms with van der Waals surface area (Å²) in [6.07, 6.45) is 13.8. The maximum atomic E-state index is 11.7. The van der Waals surface area contributed by atoms with Crippen LogP contribution in [0.15, 0.2) is 12.7 Å². The van der Waals surface area contributed by atoms with Crippen molar-refractivity contribution in [2.45, 2.75) is 78.1 Å². The van der Waals surface area contributed by atoms with Crippen LogP contribution in [0, 0.1) is 5.92 Å². The third kappa shape index (κ3) is 10.8. The third-order valence-corrected chi connectivity index (χ3v) is 3.40. The van der Waals surface area contributed by atoms with E-state index in [0.717, 1.165) is 19.3 Å². The van der Waals surface area contributed by atoms with Crippen molar-refractivity contribution >= 4 is 5.97 Å². The van der Waals surface area contributed by atoms with Gasteiger partial charge in [-0.3, -0.25) is 4.79 Å². The van der Waals surface area contributed by atoms with E-state index in [9.17, 15) is 4.79 Å². The molecule has 0 saturated carbocycles. The Balaban J connectivity index is 3.50. The zero-order valence-electron chi connectivity index (χ0n) is 13.0. The van der Waals surface area contributed by atoms with Crippen molar-refractivity contribution in [3.05, 3.63) is 12.7 Å². The molecule has 0 fully saturated rings. The van der Waals surface area contributed by atoms with Crippen molar-refractivity contribution in [1.29, 1.82) is 0 Å². The van der Waals surface area contributed by atoms with Gasteiger partial charge in [0.05, 0.1) is 12.5 Å². The molecule has 0 aromatic carbocycles. The Kier molecular flexibility index (Phi) is 13.1. The number of rotatable bonds is 13. The van der Waals surface area contributed by atoms with Crippen LogP contribution in [0.2, 0.25) is 0 Å². The van der Waals surface area contributed by atoms with Gasteiger partial charge in [-0.1, -0.05) is 71.3 Å². The molecule has 0 aliphatic heterocycles. The molecule has 0 heterocycles. The second-order valence-corrected chi connectivity index (χ2v) is 5.27. The Labute approximate surface area is 119 Å². The van der Waals surface area contributed by atoms with E-state index in [1.165, 1.54) is 44.9 Å². The van der Waals surface area contributed by atoms with E-state index in [-0.39, 0.29) is 11.9 Å². The molecule has 2 heteroatoms. The minimum Gasteiger partial charge on any atom is -0.465 e. The summed E-state index contributed by atoms with van der Waals surface area (Å²) >= 11 is 0. The van der Waals surface area contributed by atoms with Crippen LogP contribution in [0.3, 0.4) is 0 Å². The fourth-order valence-corrected chi connectivity index (χ4v) is 2.14. The van der Waals surface area contributed by atoms with Gasteiger partial charge >= 0.3 is 5.97 Å². The van der Waals surface area contributed by atoms with Crippen LogP contribution in [0.4, 0.5) is 0 Å². The van der Waals surface area contributed by atoms with E-state index in [1.807, 2.05) is 6.92 Å². The number of ether oxygens (including phenoxy) is 1. The fraction of sp³-hybridized carbons (Fsp3) is 0.824. The SMILES string of the molecule is C=CC(CCCCCCCCCC)C(=O)OCCC. The molecule has 0 spiro atoms. The molecule has 0 bridgehead atoms. The average Bonchev–Trinajstić information content (AvgIpc) is 2.43. The Morgan fingerprint density at radius 1 is 1.00 bits per heavy atom. The fourth-order valence-electron chi connectivity index (χ4n) is 2.14. The molecule has 0 radical (unpaired) electrons. The minimum atomic E-state index is -0.105. The third-order valence-electron chi connectivity index (χ3n) is 3.40. The molecule has 0 N–H and O–H groups in total. The maximum absolute atomic E-state index is 11.7. The van der Waals surface area contributed by atoms with E-state index >= 15 is 0 Å². The van der Waals surface area contributed by atoms with Crippen LogP contribution >= 0.6 is 0 Å². The van der Waals surface area contributed by atoms with E-state index in [1.54, 1.807) is 6.08 Å². The molecule has 0 aromatic rings.